The number of aromatic nitrogens is 1. The molecule has 2 aromatic carbocycles. The Morgan fingerprint density at radius 3 is 2.62 bits per heavy atom. The second kappa shape index (κ2) is 8.34. The molecule has 5 heteroatoms. The van der Waals surface area contributed by atoms with Gasteiger partial charge in [-0.2, -0.15) is 0 Å². The second-order valence-corrected chi connectivity index (χ2v) is 6.13. The number of nitrogens with zero attached hydrogens (tertiary/aromatic N) is 1. The molecule has 3 aromatic rings. The molecule has 0 saturated carbocycles. The van der Waals surface area contributed by atoms with Crippen LogP contribution in [0.25, 0.3) is 10.9 Å². The first-order valence-corrected chi connectivity index (χ1v) is 8.65. The van der Waals surface area contributed by atoms with E-state index in [1.54, 1.807) is 30.5 Å². The summed E-state index contributed by atoms with van der Waals surface area (Å²) in [6.07, 6.45) is 1.85. The molecule has 0 atom stereocenters. The van der Waals surface area contributed by atoms with E-state index in [9.17, 15) is 4.79 Å². The molecule has 0 aliphatic carbocycles. The third kappa shape index (κ3) is 4.51. The van der Waals surface area contributed by atoms with Crippen molar-refractivity contribution in [1.29, 1.82) is 0 Å². The Morgan fingerprint density at radius 1 is 1.08 bits per heavy atom. The van der Waals surface area contributed by atoms with Crippen molar-refractivity contribution >= 4 is 16.8 Å². The van der Waals surface area contributed by atoms with Gasteiger partial charge in [0, 0.05) is 17.1 Å². The van der Waals surface area contributed by atoms with Crippen LogP contribution in [0.15, 0.2) is 60.8 Å². The van der Waals surface area contributed by atoms with Crippen LogP contribution in [-0.2, 0) is 0 Å². The summed E-state index contributed by atoms with van der Waals surface area (Å²) < 4.78 is 11.3. The number of carbonyl (C=O) groups is 1. The van der Waals surface area contributed by atoms with Gasteiger partial charge in [0.25, 0.3) is 5.91 Å². The molecule has 1 N–H and O–H groups in total. The molecule has 134 valence electrons. The van der Waals surface area contributed by atoms with E-state index in [1.807, 2.05) is 44.2 Å². The zero-order valence-corrected chi connectivity index (χ0v) is 14.9. The first-order valence-electron chi connectivity index (χ1n) is 8.65. The van der Waals surface area contributed by atoms with E-state index in [0.29, 0.717) is 24.5 Å². The molecular formula is C21H22N2O3. The van der Waals surface area contributed by atoms with E-state index in [0.717, 1.165) is 16.7 Å². The topological polar surface area (TPSA) is 60.5 Å². The predicted molar refractivity (Wildman–Crippen MR) is 102 cm³/mol. The molecule has 1 heterocycles. The highest BCUT2D eigenvalue weighted by molar-refractivity contribution is 5.94. The van der Waals surface area contributed by atoms with Crippen LogP contribution in [0.4, 0.5) is 0 Å². The molecule has 3 rings (SSSR count). The summed E-state index contributed by atoms with van der Waals surface area (Å²) >= 11 is 0. The lowest BCUT2D eigenvalue weighted by atomic mass is 10.2. The number of carbonyl (C=O) groups excluding carboxylic acids is 1. The average molecular weight is 350 g/mol. The monoisotopic (exact) mass is 350 g/mol. The molecule has 0 unspecified atom stereocenters. The van der Waals surface area contributed by atoms with Crippen molar-refractivity contribution in [3.8, 4) is 11.5 Å². The van der Waals surface area contributed by atoms with Crippen molar-refractivity contribution in [2.45, 2.75) is 20.0 Å². The summed E-state index contributed by atoms with van der Waals surface area (Å²) in [5.74, 6) is 1.33. The lowest BCUT2D eigenvalue weighted by Crippen LogP contribution is -2.28. The van der Waals surface area contributed by atoms with Crippen LogP contribution in [0.5, 0.6) is 11.5 Å². The van der Waals surface area contributed by atoms with Crippen LogP contribution in [0.3, 0.4) is 0 Å². The Kier molecular flexibility index (Phi) is 5.69. The summed E-state index contributed by atoms with van der Waals surface area (Å²) in [6.45, 7) is 4.71. The van der Waals surface area contributed by atoms with E-state index >= 15 is 0 Å². The maximum atomic E-state index is 12.2. The maximum absolute atomic E-state index is 12.2. The Bertz CT molecular complexity index is 871. The minimum Gasteiger partial charge on any atom is -0.491 e. The average Bonchev–Trinajstić information content (AvgIpc) is 2.65. The number of rotatable bonds is 7. The highest BCUT2D eigenvalue weighted by Crippen LogP contribution is 2.22. The van der Waals surface area contributed by atoms with Crippen molar-refractivity contribution in [2.75, 3.05) is 13.2 Å². The molecule has 0 fully saturated rings. The standard InChI is InChI=1S/C21H22N2O3/c1-15(2)26-18-10-8-17(9-11-18)21(24)23-13-14-25-19-7-3-5-16-6-4-12-22-20(16)19/h3-12,15H,13-14H2,1-2H3,(H,23,24). The minimum absolute atomic E-state index is 0.107. The van der Waals surface area contributed by atoms with Gasteiger partial charge in [0.2, 0.25) is 0 Å². The van der Waals surface area contributed by atoms with E-state index in [-0.39, 0.29) is 12.0 Å². The minimum atomic E-state index is -0.138. The lowest BCUT2D eigenvalue weighted by Gasteiger charge is -2.11. The Morgan fingerprint density at radius 2 is 1.85 bits per heavy atom. The first-order chi connectivity index (χ1) is 12.6. The van der Waals surface area contributed by atoms with Gasteiger partial charge < -0.3 is 14.8 Å². The summed E-state index contributed by atoms with van der Waals surface area (Å²) in [5.41, 5.74) is 1.41. The van der Waals surface area contributed by atoms with Gasteiger partial charge in [0.05, 0.1) is 12.6 Å². The maximum Gasteiger partial charge on any atom is 0.251 e. The highest BCUT2D eigenvalue weighted by atomic mass is 16.5. The molecule has 0 saturated heterocycles. The summed E-state index contributed by atoms with van der Waals surface area (Å²) in [4.78, 5) is 16.5. The summed E-state index contributed by atoms with van der Waals surface area (Å²) in [6, 6.07) is 16.8. The van der Waals surface area contributed by atoms with Crippen molar-refractivity contribution in [3.63, 3.8) is 0 Å². The number of fused-ring (bicyclic) bond motifs is 1. The summed E-state index contributed by atoms with van der Waals surface area (Å²) in [7, 11) is 0. The van der Waals surface area contributed by atoms with Crippen LogP contribution < -0.4 is 14.8 Å². The Hall–Kier alpha value is -3.08. The molecular weight excluding hydrogens is 328 g/mol. The van der Waals surface area contributed by atoms with Gasteiger partial charge in [-0.3, -0.25) is 9.78 Å². The van der Waals surface area contributed by atoms with Gasteiger partial charge in [0.15, 0.2) is 0 Å². The fourth-order valence-corrected chi connectivity index (χ4v) is 2.58. The van der Waals surface area contributed by atoms with Crippen molar-refractivity contribution < 1.29 is 14.3 Å². The molecule has 0 aliphatic heterocycles. The fourth-order valence-electron chi connectivity index (χ4n) is 2.58. The molecule has 0 spiro atoms. The molecule has 1 aromatic heterocycles. The van der Waals surface area contributed by atoms with Crippen molar-refractivity contribution in [3.05, 3.63) is 66.4 Å². The largest absolute Gasteiger partial charge is 0.491 e. The molecule has 1 amide bonds. The van der Waals surface area contributed by atoms with Crippen LogP contribution in [0.1, 0.15) is 24.2 Å². The van der Waals surface area contributed by atoms with Gasteiger partial charge >= 0.3 is 0 Å². The third-order valence-corrected chi connectivity index (χ3v) is 3.73. The van der Waals surface area contributed by atoms with Gasteiger partial charge in [-0.25, -0.2) is 0 Å². The van der Waals surface area contributed by atoms with Gasteiger partial charge in [-0.15, -0.1) is 0 Å². The van der Waals surface area contributed by atoms with Crippen LogP contribution in [0.2, 0.25) is 0 Å². The molecule has 0 aliphatic rings. The smallest absolute Gasteiger partial charge is 0.251 e. The van der Waals surface area contributed by atoms with Crippen molar-refractivity contribution in [2.24, 2.45) is 0 Å². The Labute approximate surface area is 153 Å². The number of ether oxygens (including phenoxy) is 2. The third-order valence-electron chi connectivity index (χ3n) is 3.73. The number of hydrogen-bond donors (Lipinski definition) is 1. The zero-order valence-electron chi connectivity index (χ0n) is 14.9. The van der Waals surface area contributed by atoms with E-state index < -0.39 is 0 Å². The van der Waals surface area contributed by atoms with E-state index in [4.69, 9.17) is 9.47 Å². The lowest BCUT2D eigenvalue weighted by molar-refractivity contribution is 0.0947. The normalized spacial score (nSPS) is 10.7. The molecule has 5 nitrogen and oxygen atoms in total. The van der Waals surface area contributed by atoms with E-state index in [1.165, 1.54) is 0 Å². The van der Waals surface area contributed by atoms with E-state index in [2.05, 4.69) is 10.3 Å². The van der Waals surface area contributed by atoms with Crippen LogP contribution in [-0.4, -0.2) is 30.1 Å². The zero-order chi connectivity index (χ0) is 18.4. The molecule has 26 heavy (non-hydrogen) atoms. The number of para-hydroxylation sites is 1. The molecule has 0 radical (unpaired) electrons. The van der Waals surface area contributed by atoms with Gasteiger partial charge in [0.1, 0.15) is 23.6 Å². The number of hydrogen-bond acceptors (Lipinski definition) is 4. The summed E-state index contributed by atoms with van der Waals surface area (Å²) in [5, 5.41) is 3.88. The highest BCUT2D eigenvalue weighted by Gasteiger charge is 2.07. The predicted octanol–water partition coefficient (Wildman–Crippen LogP) is 3.83. The number of nitrogens with one attached hydrogen (secondary N) is 1. The fraction of sp³-hybridized carbons (Fsp3) is 0.238. The number of pyridine rings is 1. The molecule has 0 bridgehead atoms. The van der Waals surface area contributed by atoms with Crippen LogP contribution >= 0.6 is 0 Å². The first kappa shape index (κ1) is 17.7. The number of amides is 1. The quantitative estimate of drug-likeness (QED) is 0.658. The second-order valence-electron chi connectivity index (χ2n) is 6.13. The SMILES string of the molecule is CC(C)Oc1ccc(C(=O)NCCOc2cccc3cccnc23)cc1. The van der Waals surface area contributed by atoms with Crippen LogP contribution in [0, 0.1) is 0 Å². The number of benzene rings is 2. The Balaban J connectivity index is 1.50. The van der Waals surface area contributed by atoms with Gasteiger partial charge in [-0.1, -0.05) is 18.2 Å². The van der Waals surface area contributed by atoms with Gasteiger partial charge in [-0.05, 0) is 50.2 Å². The van der Waals surface area contributed by atoms with Crippen molar-refractivity contribution in [1.82, 2.24) is 10.3 Å².